The number of ether oxygens (including phenoxy) is 1. The molecule has 0 aliphatic carbocycles. The molecule has 4 nitrogen and oxygen atoms in total. The van der Waals surface area contributed by atoms with Gasteiger partial charge >= 0.3 is 5.97 Å². The molecular weight excluding hydrogens is 344 g/mol. The predicted molar refractivity (Wildman–Crippen MR) is 88.4 cm³/mol. The molecule has 0 amide bonds. The summed E-state index contributed by atoms with van der Waals surface area (Å²) in [5, 5.41) is 7.92. The number of hydrogen-bond donors (Lipinski definition) is 1. The molecule has 3 aromatic rings. The number of rotatable bonds is 5. The van der Waals surface area contributed by atoms with E-state index in [0.29, 0.717) is 12.8 Å². The Morgan fingerprint density at radius 3 is 2.73 bits per heavy atom. The number of halogens is 1. The summed E-state index contributed by atoms with van der Waals surface area (Å²) in [5.41, 5.74) is 3.02. The van der Waals surface area contributed by atoms with Crippen LogP contribution in [0.1, 0.15) is 17.5 Å². The van der Waals surface area contributed by atoms with Gasteiger partial charge in [-0.2, -0.15) is 5.10 Å². The minimum Gasteiger partial charge on any atom is -0.461 e. The van der Waals surface area contributed by atoms with Crippen molar-refractivity contribution < 1.29 is 9.53 Å². The van der Waals surface area contributed by atoms with Crippen LogP contribution in [0.15, 0.2) is 53.1 Å². The van der Waals surface area contributed by atoms with E-state index >= 15 is 0 Å². The first-order valence-electron chi connectivity index (χ1n) is 7.03. The number of hydrogen-bond acceptors (Lipinski definition) is 3. The lowest BCUT2D eigenvalue weighted by Gasteiger charge is -2.05. The Balaban J connectivity index is 1.50. The molecular formula is C17H15BrN2O2. The van der Waals surface area contributed by atoms with Gasteiger partial charge in [0.05, 0.1) is 11.7 Å². The van der Waals surface area contributed by atoms with Gasteiger partial charge < -0.3 is 4.74 Å². The van der Waals surface area contributed by atoms with Gasteiger partial charge in [0.1, 0.15) is 6.61 Å². The maximum Gasteiger partial charge on any atom is 0.306 e. The molecule has 1 aromatic heterocycles. The molecule has 3 rings (SSSR count). The molecule has 0 saturated heterocycles. The van der Waals surface area contributed by atoms with Gasteiger partial charge in [0.2, 0.25) is 0 Å². The van der Waals surface area contributed by atoms with Gasteiger partial charge in [-0.25, -0.2) is 0 Å². The van der Waals surface area contributed by atoms with Gasteiger partial charge in [-0.3, -0.25) is 9.89 Å². The van der Waals surface area contributed by atoms with Crippen molar-refractivity contribution in [2.45, 2.75) is 19.4 Å². The first-order chi connectivity index (χ1) is 10.7. The van der Waals surface area contributed by atoms with Crippen LogP contribution < -0.4 is 0 Å². The van der Waals surface area contributed by atoms with Crippen LogP contribution in [0.2, 0.25) is 0 Å². The van der Waals surface area contributed by atoms with Gasteiger partial charge in [-0.1, -0.05) is 40.2 Å². The number of esters is 1. The van der Waals surface area contributed by atoms with Crippen LogP contribution in [0.5, 0.6) is 0 Å². The number of nitrogens with one attached hydrogen (secondary N) is 1. The third-order valence-electron chi connectivity index (χ3n) is 3.44. The van der Waals surface area contributed by atoms with E-state index in [4.69, 9.17) is 4.74 Å². The van der Waals surface area contributed by atoms with Crippen molar-refractivity contribution in [3.05, 3.63) is 64.3 Å². The fraction of sp³-hybridized carbons (Fsp3) is 0.176. The molecule has 0 unspecified atom stereocenters. The molecule has 0 aliphatic rings. The van der Waals surface area contributed by atoms with Crippen LogP contribution in [0.4, 0.5) is 0 Å². The van der Waals surface area contributed by atoms with E-state index in [1.807, 2.05) is 42.5 Å². The minimum atomic E-state index is -0.187. The summed E-state index contributed by atoms with van der Waals surface area (Å²) < 4.78 is 6.35. The van der Waals surface area contributed by atoms with Crippen LogP contribution in [0.3, 0.4) is 0 Å². The van der Waals surface area contributed by atoms with E-state index in [1.165, 1.54) is 0 Å². The highest BCUT2D eigenvalue weighted by Gasteiger charge is 2.05. The number of fused-ring (bicyclic) bond motifs is 1. The molecule has 1 N–H and O–H groups in total. The second-order valence-electron chi connectivity index (χ2n) is 5.08. The van der Waals surface area contributed by atoms with Gasteiger partial charge in [0.15, 0.2) is 0 Å². The highest BCUT2D eigenvalue weighted by atomic mass is 79.9. The Kier molecular flexibility index (Phi) is 4.53. The predicted octanol–water partition coefficient (Wildman–Crippen LogP) is 4.00. The summed E-state index contributed by atoms with van der Waals surface area (Å²) >= 11 is 3.39. The highest BCUT2D eigenvalue weighted by Crippen LogP contribution is 2.14. The van der Waals surface area contributed by atoms with E-state index in [1.54, 1.807) is 6.20 Å². The second-order valence-corrected chi connectivity index (χ2v) is 5.99. The zero-order valence-corrected chi connectivity index (χ0v) is 13.5. The monoisotopic (exact) mass is 358 g/mol. The largest absolute Gasteiger partial charge is 0.461 e. The molecule has 0 fully saturated rings. The summed E-state index contributed by atoms with van der Waals surface area (Å²) in [6, 6.07) is 13.8. The Hall–Kier alpha value is -2.14. The lowest BCUT2D eigenvalue weighted by atomic mass is 10.1. The van der Waals surface area contributed by atoms with Crippen molar-refractivity contribution in [2.75, 3.05) is 0 Å². The Morgan fingerprint density at radius 2 is 1.91 bits per heavy atom. The summed E-state index contributed by atoms with van der Waals surface area (Å²) in [4.78, 5) is 11.8. The summed E-state index contributed by atoms with van der Waals surface area (Å²) in [7, 11) is 0. The normalized spacial score (nSPS) is 10.8. The minimum absolute atomic E-state index is 0.187. The number of aryl methyl sites for hydroxylation is 1. The highest BCUT2D eigenvalue weighted by molar-refractivity contribution is 9.10. The number of H-pyrrole nitrogens is 1. The van der Waals surface area contributed by atoms with Crippen molar-refractivity contribution >= 4 is 32.8 Å². The molecule has 5 heteroatoms. The van der Waals surface area contributed by atoms with E-state index in [0.717, 1.165) is 26.5 Å². The number of benzene rings is 2. The molecule has 0 saturated carbocycles. The second kappa shape index (κ2) is 6.75. The fourth-order valence-corrected chi connectivity index (χ4v) is 2.47. The van der Waals surface area contributed by atoms with Crippen LogP contribution in [0.25, 0.3) is 10.9 Å². The smallest absolute Gasteiger partial charge is 0.306 e. The van der Waals surface area contributed by atoms with Crippen molar-refractivity contribution in [2.24, 2.45) is 0 Å². The van der Waals surface area contributed by atoms with Crippen molar-refractivity contribution in [3.63, 3.8) is 0 Å². The summed E-state index contributed by atoms with van der Waals surface area (Å²) in [5.74, 6) is -0.187. The van der Waals surface area contributed by atoms with Gasteiger partial charge in [0, 0.05) is 16.3 Å². The lowest BCUT2D eigenvalue weighted by molar-refractivity contribution is -0.144. The maximum atomic E-state index is 11.8. The van der Waals surface area contributed by atoms with E-state index in [-0.39, 0.29) is 12.6 Å². The molecule has 1 heterocycles. The fourth-order valence-electron chi connectivity index (χ4n) is 2.21. The molecule has 0 radical (unpaired) electrons. The van der Waals surface area contributed by atoms with Gasteiger partial charge in [-0.15, -0.1) is 0 Å². The quantitative estimate of drug-likeness (QED) is 0.701. The zero-order valence-electron chi connectivity index (χ0n) is 11.9. The average molecular weight is 359 g/mol. The van der Waals surface area contributed by atoms with Gasteiger partial charge in [0.25, 0.3) is 0 Å². The SMILES string of the molecule is O=C(CCc1ccc(Br)cc1)OCc1ccc2cn[nH]c2c1. The Bertz CT molecular complexity index is 781. The first-order valence-corrected chi connectivity index (χ1v) is 7.82. The van der Waals surface area contributed by atoms with Crippen LogP contribution in [-0.2, 0) is 22.6 Å². The third-order valence-corrected chi connectivity index (χ3v) is 3.97. The Labute approximate surface area is 136 Å². The number of carbonyl (C=O) groups is 1. The standard InChI is InChI=1S/C17H15BrN2O2/c18-15-6-2-12(3-7-15)4-8-17(21)22-11-13-1-5-14-10-19-20-16(14)9-13/h1-3,5-7,9-10H,4,8,11H2,(H,19,20). The molecule has 22 heavy (non-hydrogen) atoms. The topological polar surface area (TPSA) is 55.0 Å². The maximum absolute atomic E-state index is 11.8. The zero-order chi connectivity index (χ0) is 15.4. The number of nitrogens with zero attached hydrogens (tertiary/aromatic N) is 1. The van der Waals surface area contributed by atoms with E-state index in [2.05, 4.69) is 26.1 Å². The Morgan fingerprint density at radius 1 is 1.14 bits per heavy atom. The molecule has 0 atom stereocenters. The van der Waals surface area contributed by atoms with E-state index in [9.17, 15) is 4.79 Å². The summed E-state index contributed by atoms with van der Waals surface area (Å²) in [6.45, 7) is 0.286. The number of aromatic amines is 1. The molecule has 0 spiro atoms. The van der Waals surface area contributed by atoms with Crippen LogP contribution in [-0.4, -0.2) is 16.2 Å². The average Bonchev–Trinajstić information content (AvgIpc) is 3.00. The number of aromatic nitrogens is 2. The first kappa shape index (κ1) is 14.8. The molecule has 0 aliphatic heterocycles. The van der Waals surface area contributed by atoms with Crippen LogP contribution in [0, 0.1) is 0 Å². The van der Waals surface area contributed by atoms with Crippen molar-refractivity contribution in [1.29, 1.82) is 0 Å². The van der Waals surface area contributed by atoms with Crippen LogP contribution >= 0.6 is 15.9 Å². The van der Waals surface area contributed by atoms with Crippen molar-refractivity contribution in [1.82, 2.24) is 10.2 Å². The van der Waals surface area contributed by atoms with Crippen molar-refractivity contribution in [3.8, 4) is 0 Å². The molecule has 2 aromatic carbocycles. The number of carbonyl (C=O) groups excluding carboxylic acids is 1. The third kappa shape index (κ3) is 3.74. The van der Waals surface area contributed by atoms with E-state index < -0.39 is 0 Å². The lowest BCUT2D eigenvalue weighted by Crippen LogP contribution is -2.05. The summed E-state index contributed by atoms with van der Waals surface area (Å²) in [6.07, 6.45) is 2.84. The molecule has 0 bridgehead atoms. The molecule has 112 valence electrons. The van der Waals surface area contributed by atoms with Gasteiger partial charge in [-0.05, 0) is 35.7 Å².